The maximum atomic E-state index is 12.5. The number of fused-ring (bicyclic) bond motifs is 3. The Labute approximate surface area is 150 Å². The second-order valence-corrected chi connectivity index (χ2v) is 8.44. The SMILES string of the molecule is CCCc1[nH]c2c(=O)[nH]c3ccc(S(=O)(=O)N(C)C)cc3c2c1C(N)=O. The molecular formula is C17H20N4O4S. The summed E-state index contributed by atoms with van der Waals surface area (Å²) in [7, 11) is -0.795. The third-order valence-electron chi connectivity index (χ3n) is 4.34. The van der Waals surface area contributed by atoms with Crippen LogP contribution in [0.25, 0.3) is 21.8 Å². The number of hydrogen-bond acceptors (Lipinski definition) is 4. The highest BCUT2D eigenvalue weighted by atomic mass is 32.2. The number of pyridine rings is 1. The highest BCUT2D eigenvalue weighted by Crippen LogP contribution is 2.30. The van der Waals surface area contributed by atoms with Crippen molar-refractivity contribution < 1.29 is 13.2 Å². The van der Waals surface area contributed by atoms with E-state index in [1.165, 1.54) is 32.3 Å². The molecule has 0 bridgehead atoms. The van der Waals surface area contributed by atoms with Crippen LogP contribution < -0.4 is 11.3 Å². The number of nitrogens with zero attached hydrogens (tertiary/aromatic N) is 1. The van der Waals surface area contributed by atoms with Gasteiger partial charge in [-0.3, -0.25) is 9.59 Å². The number of aromatic amines is 2. The molecule has 9 heteroatoms. The lowest BCUT2D eigenvalue weighted by Gasteiger charge is -2.12. The average molecular weight is 376 g/mol. The lowest BCUT2D eigenvalue weighted by atomic mass is 10.0. The van der Waals surface area contributed by atoms with Crippen molar-refractivity contribution in [2.45, 2.75) is 24.7 Å². The van der Waals surface area contributed by atoms with E-state index in [4.69, 9.17) is 5.73 Å². The van der Waals surface area contributed by atoms with E-state index < -0.39 is 15.9 Å². The Kier molecular flexibility index (Phi) is 4.37. The maximum Gasteiger partial charge on any atom is 0.272 e. The molecule has 138 valence electrons. The molecule has 0 unspecified atom stereocenters. The summed E-state index contributed by atoms with van der Waals surface area (Å²) in [6.07, 6.45) is 1.30. The minimum Gasteiger partial charge on any atom is -0.366 e. The largest absolute Gasteiger partial charge is 0.366 e. The van der Waals surface area contributed by atoms with Crippen LogP contribution >= 0.6 is 0 Å². The van der Waals surface area contributed by atoms with E-state index in [-0.39, 0.29) is 21.5 Å². The lowest BCUT2D eigenvalue weighted by molar-refractivity contribution is 0.100. The molecular weight excluding hydrogens is 356 g/mol. The number of rotatable bonds is 5. The Morgan fingerprint density at radius 2 is 1.92 bits per heavy atom. The molecule has 0 saturated heterocycles. The Bertz CT molecular complexity index is 1190. The summed E-state index contributed by atoms with van der Waals surface area (Å²) in [6, 6.07) is 4.39. The Morgan fingerprint density at radius 3 is 2.50 bits per heavy atom. The van der Waals surface area contributed by atoms with Crippen molar-refractivity contribution in [3.8, 4) is 0 Å². The molecule has 2 heterocycles. The fourth-order valence-corrected chi connectivity index (χ4v) is 4.02. The van der Waals surface area contributed by atoms with Gasteiger partial charge in [0, 0.05) is 36.1 Å². The van der Waals surface area contributed by atoms with Gasteiger partial charge in [-0.1, -0.05) is 13.3 Å². The molecule has 0 atom stereocenters. The number of amides is 1. The van der Waals surface area contributed by atoms with Crippen LogP contribution in [-0.2, 0) is 16.4 Å². The van der Waals surface area contributed by atoms with Crippen molar-refractivity contribution in [3.05, 3.63) is 39.8 Å². The Balaban J connectivity index is 2.50. The van der Waals surface area contributed by atoms with E-state index in [1.807, 2.05) is 6.92 Å². The second-order valence-electron chi connectivity index (χ2n) is 6.29. The molecule has 1 amide bonds. The molecule has 0 saturated carbocycles. The number of hydrogen-bond donors (Lipinski definition) is 3. The van der Waals surface area contributed by atoms with Crippen LogP contribution in [0.5, 0.6) is 0 Å². The molecule has 0 aliphatic rings. The minimum atomic E-state index is -3.67. The van der Waals surface area contributed by atoms with Crippen molar-refractivity contribution >= 4 is 37.7 Å². The van der Waals surface area contributed by atoms with Gasteiger partial charge in [0.1, 0.15) is 5.52 Å². The van der Waals surface area contributed by atoms with Crippen LogP contribution in [0.1, 0.15) is 29.4 Å². The molecule has 0 aliphatic carbocycles. The molecule has 0 radical (unpaired) electrons. The van der Waals surface area contributed by atoms with E-state index in [0.717, 1.165) is 10.7 Å². The van der Waals surface area contributed by atoms with E-state index in [2.05, 4.69) is 9.97 Å². The molecule has 3 rings (SSSR count). The fourth-order valence-electron chi connectivity index (χ4n) is 3.10. The summed E-state index contributed by atoms with van der Waals surface area (Å²) in [6.45, 7) is 1.94. The highest BCUT2D eigenvalue weighted by molar-refractivity contribution is 7.89. The number of aryl methyl sites for hydroxylation is 1. The van der Waals surface area contributed by atoms with Gasteiger partial charge in [0.2, 0.25) is 10.0 Å². The van der Waals surface area contributed by atoms with Gasteiger partial charge in [-0.05, 0) is 24.6 Å². The Hall–Kier alpha value is -2.65. The first-order chi connectivity index (χ1) is 12.2. The maximum absolute atomic E-state index is 12.5. The molecule has 0 aliphatic heterocycles. The van der Waals surface area contributed by atoms with Crippen molar-refractivity contribution in [3.63, 3.8) is 0 Å². The number of sulfonamides is 1. The lowest BCUT2D eigenvalue weighted by Crippen LogP contribution is -2.22. The number of primary amides is 1. The van der Waals surface area contributed by atoms with Gasteiger partial charge in [0.25, 0.3) is 11.5 Å². The predicted molar refractivity (Wildman–Crippen MR) is 99.8 cm³/mol. The molecule has 0 spiro atoms. The zero-order chi connectivity index (χ0) is 19.2. The summed E-state index contributed by atoms with van der Waals surface area (Å²) in [5.74, 6) is -0.660. The van der Waals surface area contributed by atoms with Crippen LogP contribution in [0.15, 0.2) is 27.9 Å². The van der Waals surface area contributed by atoms with E-state index in [1.54, 1.807) is 0 Å². The predicted octanol–water partition coefficient (Wildman–Crippen LogP) is 1.31. The number of nitrogens with two attached hydrogens (primary N) is 1. The summed E-state index contributed by atoms with van der Waals surface area (Å²) in [5.41, 5.74) is 6.65. The number of aromatic nitrogens is 2. The second kappa shape index (κ2) is 6.26. The van der Waals surface area contributed by atoms with Crippen molar-refractivity contribution in [2.24, 2.45) is 5.73 Å². The van der Waals surface area contributed by atoms with E-state index >= 15 is 0 Å². The first-order valence-electron chi connectivity index (χ1n) is 8.11. The topological polar surface area (TPSA) is 129 Å². The Morgan fingerprint density at radius 1 is 1.23 bits per heavy atom. The van der Waals surface area contributed by atoms with Gasteiger partial charge in [0.05, 0.1) is 10.5 Å². The summed E-state index contributed by atoms with van der Waals surface area (Å²) < 4.78 is 26.0. The quantitative estimate of drug-likeness (QED) is 0.620. The highest BCUT2D eigenvalue weighted by Gasteiger charge is 2.23. The summed E-state index contributed by atoms with van der Waals surface area (Å²) >= 11 is 0. The molecule has 8 nitrogen and oxygen atoms in total. The monoisotopic (exact) mass is 376 g/mol. The summed E-state index contributed by atoms with van der Waals surface area (Å²) in [4.78, 5) is 30.3. The van der Waals surface area contributed by atoms with Crippen LogP contribution in [-0.4, -0.2) is 42.7 Å². The summed E-state index contributed by atoms with van der Waals surface area (Å²) in [5, 5.41) is 0.811. The van der Waals surface area contributed by atoms with Crippen molar-refractivity contribution in [2.75, 3.05) is 14.1 Å². The van der Waals surface area contributed by atoms with Gasteiger partial charge in [0.15, 0.2) is 0 Å². The van der Waals surface area contributed by atoms with Gasteiger partial charge >= 0.3 is 0 Å². The standard InChI is InChI=1S/C17H20N4O4S/c1-4-5-12-14(16(18)22)13-10-8-9(26(24,25)21(2)3)6-7-11(10)20-17(23)15(13)19-12/h6-8,19H,4-5H2,1-3H3,(H2,18,22)(H,20,23). The number of carbonyl (C=O) groups excluding carboxylic acids is 1. The van der Waals surface area contributed by atoms with E-state index in [0.29, 0.717) is 28.4 Å². The first kappa shape index (κ1) is 18.2. The van der Waals surface area contributed by atoms with Crippen molar-refractivity contribution in [1.29, 1.82) is 0 Å². The third kappa shape index (κ3) is 2.69. The molecule has 0 fully saturated rings. The van der Waals surface area contributed by atoms with Crippen LogP contribution in [0.4, 0.5) is 0 Å². The molecule has 1 aromatic carbocycles. The average Bonchev–Trinajstić information content (AvgIpc) is 2.95. The van der Waals surface area contributed by atoms with Crippen LogP contribution in [0.2, 0.25) is 0 Å². The van der Waals surface area contributed by atoms with Gasteiger partial charge in [-0.15, -0.1) is 0 Å². The van der Waals surface area contributed by atoms with Gasteiger partial charge in [-0.25, -0.2) is 12.7 Å². The van der Waals surface area contributed by atoms with E-state index in [9.17, 15) is 18.0 Å². The zero-order valence-electron chi connectivity index (χ0n) is 14.7. The fraction of sp³-hybridized carbons (Fsp3) is 0.294. The van der Waals surface area contributed by atoms with Gasteiger partial charge < -0.3 is 15.7 Å². The van der Waals surface area contributed by atoms with Crippen LogP contribution in [0.3, 0.4) is 0 Å². The zero-order valence-corrected chi connectivity index (χ0v) is 15.5. The molecule has 26 heavy (non-hydrogen) atoms. The minimum absolute atomic E-state index is 0.0667. The molecule has 4 N–H and O–H groups in total. The van der Waals surface area contributed by atoms with Crippen molar-refractivity contribution in [1.82, 2.24) is 14.3 Å². The number of benzene rings is 1. The van der Waals surface area contributed by atoms with Gasteiger partial charge in [-0.2, -0.15) is 0 Å². The number of nitrogens with one attached hydrogen (secondary N) is 2. The first-order valence-corrected chi connectivity index (χ1v) is 9.55. The number of carbonyl (C=O) groups is 1. The molecule has 2 aromatic heterocycles. The van der Waals surface area contributed by atoms with Crippen LogP contribution in [0, 0.1) is 0 Å². The smallest absolute Gasteiger partial charge is 0.272 e. The molecule has 3 aromatic rings. The third-order valence-corrected chi connectivity index (χ3v) is 6.15. The number of H-pyrrole nitrogens is 2. The normalized spacial score (nSPS) is 12.3.